The van der Waals surface area contributed by atoms with Crippen LogP contribution in [0.1, 0.15) is 37.8 Å². The molecule has 6 nitrogen and oxygen atoms in total. The summed E-state index contributed by atoms with van der Waals surface area (Å²) >= 11 is 1.48. The Bertz CT molecular complexity index is 494. The van der Waals surface area contributed by atoms with Gasteiger partial charge >= 0.3 is 12.0 Å². The van der Waals surface area contributed by atoms with Crippen LogP contribution in [0.5, 0.6) is 0 Å². The van der Waals surface area contributed by atoms with Gasteiger partial charge in [0.05, 0.1) is 23.7 Å². The summed E-state index contributed by atoms with van der Waals surface area (Å²) in [5, 5.41) is 14.5. The van der Waals surface area contributed by atoms with Gasteiger partial charge in [0.25, 0.3) is 0 Å². The number of thiazole rings is 1. The number of hydrogen-bond acceptors (Lipinski definition) is 4. The quantitative estimate of drug-likeness (QED) is 0.752. The van der Waals surface area contributed by atoms with Crippen molar-refractivity contribution in [1.29, 1.82) is 0 Å². The number of urea groups is 1. The van der Waals surface area contributed by atoms with Gasteiger partial charge in [-0.15, -0.1) is 11.3 Å². The summed E-state index contributed by atoms with van der Waals surface area (Å²) in [6, 6.07) is -0.358. The Hall–Kier alpha value is -1.63. The van der Waals surface area contributed by atoms with Crippen molar-refractivity contribution in [3.63, 3.8) is 0 Å². The van der Waals surface area contributed by atoms with Gasteiger partial charge in [0.15, 0.2) is 0 Å². The van der Waals surface area contributed by atoms with E-state index < -0.39 is 11.9 Å². The SMILES string of the molecule is Cc1ncsc1CNC(=O)NCC(CC(C)(C)C)C(=O)O. The highest BCUT2D eigenvalue weighted by atomic mass is 32.1. The Morgan fingerprint density at radius 1 is 1.38 bits per heavy atom. The summed E-state index contributed by atoms with van der Waals surface area (Å²) in [5.74, 6) is -1.47. The Morgan fingerprint density at radius 3 is 2.52 bits per heavy atom. The second-order valence-corrected chi connectivity index (χ2v) is 7.16. The highest BCUT2D eigenvalue weighted by molar-refractivity contribution is 7.09. The number of carboxylic acids is 1. The number of amides is 2. The van der Waals surface area contributed by atoms with Crippen molar-refractivity contribution in [1.82, 2.24) is 15.6 Å². The summed E-state index contributed by atoms with van der Waals surface area (Å²) < 4.78 is 0. The van der Waals surface area contributed by atoms with E-state index in [1.54, 1.807) is 5.51 Å². The summed E-state index contributed by atoms with van der Waals surface area (Å²) in [4.78, 5) is 28.0. The molecule has 0 spiro atoms. The first-order valence-electron chi connectivity index (χ1n) is 6.82. The van der Waals surface area contributed by atoms with Crippen LogP contribution < -0.4 is 10.6 Å². The molecule has 118 valence electrons. The predicted octanol–water partition coefficient (Wildman–Crippen LogP) is 2.39. The molecule has 0 aliphatic carbocycles. The monoisotopic (exact) mass is 313 g/mol. The zero-order chi connectivity index (χ0) is 16.0. The molecule has 0 saturated carbocycles. The van der Waals surface area contributed by atoms with Gasteiger partial charge < -0.3 is 15.7 Å². The van der Waals surface area contributed by atoms with Gasteiger partial charge in [-0.1, -0.05) is 20.8 Å². The van der Waals surface area contributed by atoms with Crippen molar-refractivity contribution in [3.05, 3.63) is 16.1 Å². The van der Waals surface area contributed by atoms with Crippen molar-refractivity contribution in [2.75, 3.05) is 6.54 Å². The summed E-state index contributed by atoms with van der Waals surface area (Å²) in [6.45, 7) is 8.36. The zero-order valence-corrected chi connectivity index (χ0v) is 13.7. The van der Waals surface area contributed by atoms with Crippen molar-refractivity contribution in [2.45, 2.75) is 40.7 Å². The maximum atomic E-state index is 11.7. The lowest BCUT2D eigenvalue weighted by molar-refractivity contribution is -0.142. The summed E-state index contributed by atoms with van der Waals surface area (Å²) in [5.41, 5.74) is 2.53. The van der Waals surface area contributed by atoms with Gasteiger partial charge in [-0.05, 0) is 18.8 Å². The minimum Gasteiger partial charge on any atom is -0.481 e. The third-order valence-electron chi connectivity index (χ3n) is 2.97. The fourth-order valence-corrected chi connectivity index (χ4v) is 2.64. The number of aromatic nitrogens is 1. The molecule has 1 heterocycles. The van der Waals surface area contributed by atoms with E-state index in [-0.39, 0.29) is 18.0 Å². The van der Waals surface area contributed by atoms with E-state index in [1.807, 2.05) is 27.7 Å². The van der Waals surface area contributed by atoms with Gasteiger partial charge in [-0.3, -0.25) is 4.79 Å². The van der Waals surface area contributed by atoms with Crippen LogP contribution in [0.3, 0.4) is 0 Å². The number of rotatable bonds is 6. The molecule has 2 amide bonds. The topological polar surface area (TPSA) is 91.3 Å². The van der Waals surface area contributed by atoms with E-state index >= 15 is 0 Å². The van der Waals surface area contributed by atoms with E-state index in [1.165, 1.54) is 11.3 Å². The number of aryl methyl sites for hydroxylation is 1. The molecule has 0 aliphatic heterocycles. The van der Waals surface area contributed by atoms with Crippen molar-refractivity contribution < 1.29 is 14.7 Å². The third-order valence-corrected chi connectivity index (χ3v) is 3.91. The number of nitrogens with one attached hydrogen (secondary N) is 2. The van der Waals surface area contributed by atoms with Crippen LogP contribution in [0.25, 0.3) is 0 Å². The molecular formula is C14H23N3O3S. The van der Waals surface area contributed by atoms with Crippen LogP contribution in [-0.4, -0.2) is 28.6 Å². The first-order chi connectivity index (χ1) is 9.69. The number of carbonyl (C=O) groups is 2. The number of aliphatic carboxylic acids is 1. The maximum Gasteiger partial charge on any atom is 0.315 e. The lowest BCUT2D eigenvalue weighted by Gasteiger charge is -2.23. The molecule has 1 atom stereocenters. The first kappa shape index (κ1) is 17.4. The largest absolute Gasteiger partial charge is 0.481 e. The van der Waals surface area contributed by atoms with Gasteiger partial charge in [0.2, 0.25) is 0 Å². The van der Waals surface area contributed by atoms with Gasteiger partial charge in [-0.2, -0.15) is 0 Å². The van der Waals surface area contributed by atoms with Crippen LogP contribution in [0, 0.1) is 18.3 Å². The van der Waals surface area contributed by atoms with Crippen LogP contribution in [-0.2, 0) is 11.3 Å². The minimum atomic E-state index is -0.886. The third kappa shape index (κ3) is 6.57. The Balaban J connectivity index is 2.40. The molecule has 7 heteroatoms. The molecular weight excluding hydrogens is 290 g/mol. The van der Waals surface area contributed by atoms with Crippen LogP contribution in [0.4, 0.5) is 4.79 Å². The molecule has 3 N–H and O–H groups in total. The van der Waals surface area contributed by atoms with Gasteiger partial charge in [0.1, 0.15) is 0 Å². The number of hydrogen-bond donors (Lipinski definition) is 3. The fraction of sp³-hybridized carbons (Fsp3) is 0.643. The Kier molecular flexibility index (Phi) is 6.14. The van der Waals surface area contributed by atoms with Crippen molar-refractivity contribution >= 4 is 23.3 Å². The highest BCUT2D eigenvalue weighted by Crippen LogP contribution is 2.24. The molecule has 0 saturated heterocycles. The van der Waals surface area contributed by atoms with E-state index in [0.717, 1.165) is 10.6 Å². The molecule has 21 heavy (non-hydrogen) atoms. The molecule has 0 radical (unpaired) electrons. The average Bonchev–Trinajstić information content (AvgIpc) is 2.76. The van der Waals surface area contributed by atoms with Crippen LogP contribution in [0.2, 0.25) is 0 Å². The van der Waals surface area contributed by atoms with E-state index in [4.69, 9.17) is 0 Å². The van der Waals surface area contributed by atoms with Gasteiger partial charge in [0, 0.05) is 11.4 Å². The lowest BCUT2D eigenvalue weighted by atomic mass is 9.84. The molecule has 0 bridgehead atoms. The summed E-state index contributed by atoms with van der Waals surface area (Å²) in [6.07, 6.45) is 0.510. The number of nitrogens with zero attached hydrogens (tertiary/aromatic N) is 1. The molecule has 1 aromatic rings. The van der Waals surface area contributed by atoms with E-state index in [2.05, 4.69) is 15.6 Å². The van der Waals surface area contributed by atoms with Crippen molar-refractivity contribution in [3.8, 4) is 0 Å². The van der Waals surface area contributed by atoms with Crippen LogP contribution >= 0.6 is 11.3 Å². The first-order valence-corrected chi connectivity index (χ1v) is 7.70. The standard InChI is InChI=1S/C14H23N3O3S/c1-9-11(21-8-17-9)7-16-13(20)15-6-10(12(18)19)5-14(2,3)4/h8,10H,5-7H2,1-4H3,(H,18,19)(H2,15,16,20). The smallest absolute Gasteiger partial charge is 0.315 e. The number of carboxylic acid groups (broad SMARTS) is 1. The van der Waals surface area contributed by atoms with Gasteiger partial charge in [-0.25, -0.2) is 9.78 Å². The normalized spacial score (nSPS) is 12.8. The Morgan fingerprint density at radius 2 is 2.05 bits per heavy atom. The fourth-order valence-electron chi connectivity index (χ4n) is 1.92. The second-order valence-electron chi connectivity index (χ2n) is 6.22. The molecule has 1 rings (SSSR count). The highest BCUT2D eigenvalue weighted by Gasteiger charge is 2.24. The predicted molar refractivity (Wildman–Crippen MR) is 82.3 cm³/mol. The second kappa shape index (κ2) is 7.40. The van der Waals surface area contributed by atoms with Crippen LogP contribution in [0.15, 0.2) is 5.51 Å². The van der Waals surface area contributed by atoms with E-state index in [0.29, 0.717) is 13.0 Å². The average molecular weight is 313 g/mol. The Labute approximate surface area is 129 Å². The lowest BCUT2D eigenvalue weighted by Crippen LogP contribution is -2.40. The molecule has 0 aliphatic rings. The van der Waals surface area contributed by atoms with E-state index in [9.17, 15) is 14.7 Å². The minimum absolute atomic E-state index is 0.0963. The maximum absolute atomic E-state index is 11.7. The number of carbonyl (C=O) groups excluding carboxylic acids is 1. The molecule has 0 fully saturated rings. The molecule has 0 aromatic carbocycles. The zero-order valence-electron chi connectivity index (χ0n) is 12.9. The molecule has 1 aromatic heterocycles. The van der Waals surface area contributed by atoms with Crippen molar-refractivity contribution in [2.24, 2.45) is 11.3 Å². The molecule has 1 unspecified atom stereocenters. The summed E-state index contributed by atoms with van der Waals surface area (Å²) in [7, 11) is 0.